The van der Waals surface area contributed by atoms with Crippen LogP contribution in [0, 0.1) is 5.92 Å². The quantitative estimate of drug-likeness (QED) is 0.758. The van der Waals surface area contributed by atoms with E-state index in [4.69, 9.17) is 0 Å². The molecule has 1 saturated heterocycles. The molecule has 0 aromatic rings. The number of piperazine rings is 1. The molecule has 0 atom stereocenters. The fourth-order valence-electron chi connectivity index (χ4n) is 1.83. The van der Waals surface area contributed by atoms with Gasteiger partial charge in [-0.3, -0.25) is 0 Å². The Labute approximate surface area is 116 Å². The Kier molecular flexibility index (Phi) is 6.48. The lowest BCUT2D eigenvalue weighted by Gasteiger charge is -2.26. The number of hydrogen-bond donors (Lipinski definition) is 1. The molecule has 0 aromatic heterocycles. The van der Waals surface area contributed by atoms with Crippen LogP contribution >= 0.6 is 0 Å². The zero-order chi connectivity index (χ0) is 14.3. The minimum Gasteiger partial charge on any atom is -0.314 e. The second kappa shape index (κ2) is 7.62. The van der Waals surface area contributed by atoms with E-state index in [0.29, 0.717) is 37.0 Å². The smallest absolute Gasteiger partial charge is 0.243 e. The summed E-state index contributed by atoms with van der Waals surface area (Å²) in [6, 6.07) is 0. The van der Waals surface area contributed by atoms with Crippen LogP contribution in [0.5, 0.6) is 0 Å². The first-order valence-corrected chi connectivity index (χ1v) is 8.12. The van der Waals surface area contributed by atoms with Crippen LogP contribution < -0.4 is 5.32 Å². The molecule has 0 spiro atoms. The lowest BCUT2D eigenvalue weighted by molar-refractivity contribution is 0.363. The lowest BCUT2D eigenvalue weighted by Crippen LogP contribution is -2.46. The Hall–Kier alpha value is -0.910. The van der Waals surface area contributed by atoms with E-state index >= 15 is 0 Å². The van der Waals surface area contributed by atoms with E-state index in [1.54, 1.807) is 12.2 Å². The fraction of sp³-hybridized carbons (Fsp3) is 0.571. The van der Waals surface area contributed by atoms with Crippen molar-refractivity contribution >= 4 is 10.0 Å². The minimum atomic E-state index is -3.39. The van der Waals surface area contributed by atoms with Gasteiger partial charge >= 0.3 is 0 Å². The molecule has 0 amide bonds. The standard InChI is InChI=1S/C14H24N2O2S/c1-4-6-14(8-5-7-13(2)3)19(17,18)16-11-9-15-10-12-16/h4-6,8,13,15H,1,7,9-12H2,2-3H3/b8-5-,14-6+. The van der Waals surface area contributed by atoms with Crippen molar-refractivity contribution in [1.29, 1.82) is 0 Å². The molecule has 5 heteroatoms. The first-order valence-electron chi connectivity index (χ1n) is 6.68. The molecule has 1 rings (SSSR count). The van der Waals surface area contributed by atoms with Crippen LogP contribution in [0.15, 0.2) is 35.8 Å². The third kappa shape index (κ3) is 4.93. The monoisotopic (exact) mass is 284 g/mol. The molecule has 4 nitrogen and oxygen atoms in total. The zero-order valence-corrected chi connectivity index (χ0v) is 12.6. The summed E-state index contributed by atoms with van der Waals surface area (Å²) < 4.78 is 26.5. The molecular weight excluding hydrogens is 260 g/mol. The zero-order valence-electron chi connectivity index (χ0n) is 11.8. The third-order valence-corrected chi connectivity index (χ3v) is 4.80. The first-order chi connectivity index (χ1) is 8.98. The molecule has 0 radical (unpaired) electrons. The fourth-order valence-corrected chi connectivity index (χ4v) is 3.33. The Morgan fingerprint density at radius 1 is 1.37 bits per heavy atom. The normalized spacial score (nSPS) is 19.2. The summed E-state index contributed by atoms with van der Waals surface area (Å²) in [4.78, 5) is 0.324. The van der Waals surface area contributed by atoms with Crippen molar-refractivity contribution in [1.82, 2.24) is 9.62 Å². The van der Waals surface area contributed by atoms with Gasteiger partial charge in [-0.05, 0) is 24.5 Å². The average molecular weight is 284 g/mol. The Morgan fingerprint density at radius 2 is 2.00 bits per heavy atom. The highest BCUT2D eigenvalue weighted by atomic mass is 32.2. The second-order valence-corrected chi connectivity index (χ2v) is 6.93. The molecule has 1 fully saturated rings. The molecule has 1 aliphatic heterocycles. The van der Waals surface area contributed by atoms with Gasteiger partial charge in [-0.15, -0.1) is 0 Å². The molecule has 1 N–H and O–H groups in total. The van der Waals surface area contributed by atoms with Gasteiger partial charge in [0.2, 0.25) is 10.0 Å². The summed E-state index contributed by atoms with van der Waals surface area (Å²) in [5.74, 6) is 0.517. The van der Waals surface area contributed by atoms with Crippen molar-refractivity contribution in [2.45, 2.75) is 20.3 Å². The topological polar surface area (TPSA) is 49.4 Å². The van der Waals surface area contributed by atoms with Gasteiger partial charge < -0.3 is 5.32 Å². The summed E-state index contributed by atoms with van der Waals surface area (Å²) in [5, 5.41) is 3.15. The van der Waals surface area contributed by atoms with Gasteiger partial charge in [-0.2, -0.15) is 4.31 Å². The molecule has 1 aliphatic rings. The molecule has 19 heavy (non-hydrogen) atoms. The van der Waals surface area contributed by atoms with E-state index < -0.39 is 10.0 Å². The van der Waals surface area contributed by atoms with Gasteiger partial charge in [0.05, 0.1) is 4.91 Å². The van der Waals surface area contributed by atoms with Crippen molar-refractivity contribution in [2.75, 3.05) is 26.2 Å². The van der Waals surface area contributed by atoms with Gasteiger partial charge in [0, 0.05) is 26.2 Å². The molecule has 0 unspecified atom stereocenters. The maximum Gasteiger partial charge on any atom is 0.243 e. The van der Waals surface area contributed by atoms with E-state index in [1.807, 2.05) is 6.08 Å². The lowest BCUT2D eigenvalue weighted by atomic mass is 10.1. The molecule has 0 aliphatic carbocycles. The van der Waals surface area contributed by atoms with Crippen LogP contribution in [0.25, 0.3) is 0 Å². The summed E-state index contributed by atoms with van der Waals surface area (Å²) in [5.41, 5.74) is 0. The van der Waals surface area contributed by atoms with Crippen LogP contribution in [0.2, 0.25) is 0 Å². The van der Waals surface area contributed by atoms with Crippen LogP contribution in [0.3, 0.4) is 0 Å². The second-order valence-electron chi connectivity index (χ2n) is 4.99. The number of nitrogens with zero attached hydrogens (tertiary/aromatic N) is 1. The summed E-state index contributed by atoms with van der Waals surface area (Å²) in [6.45, 7) is 10.3. The highest BCUT2D eigenvalue weighted by molar-refractivity contribution is 7.93. The van der Waals surface area contributed by atoms with Crippen molar-refractivity contribution in [2.24, 2.45) is 5.92 Å². The summed E-state index contributed by atoms with van der Waals surface area (Å²) >= 11 is 0. The van der Waals surface area contributed by atoms with E-state index in [0.717, 1.165) is 6.42 Å². The number of allylic oxidation sites excluding steroid dienone is 4. The van der Waals surface area contributed by atoms with Gasteiger partial charge in [0.1, 0.15) is 0 Å². The van der Waals surface area contributed by atoms with Crippen LogP contribution in [0.4, 0.5) is 0 Å². The van der Waals surface area contributed by atoms with Gasteiger partial charge in [0.25, 0.3) is 0 Å². The van der Waals surface area contributed by atoms with Crippen molar-refractivity contribution in [3.8, 4) is 0 Å². The van der Waals surface area contributed by atoms with Gasteiger partial charge in [-0.1, -0.05) is 32.6 Å². The highest BCUT2D eigenvalue weighted by Gasteiger charge is 2.26. The molecule has 1 heterocycles. The number of nitrogens with one attached hydrogen (secondary N) is 1. The van der Waals surface area contributed by atoms with Crippen LogP contribution in [0.1, 0.15) is 20.3 Å². The molecule has 0 aromatic carbocycles. The Bertz CT molecular complexity index is 444. The maximum atomic E-state index is 12.5. The van der Waals surface area contributed by atoms with E-state index in [9.17, 15) is 8.42 Å². The van der Waals surface area contributed by atoms with Crippen molar-refractivity contribution < 1.29 is 8.42 Å². The number of sulfonamides is 1. The molecular formula is C14H24N2O2S. The van der Waals surface area contributed by atoms with Gasteiger partial charge in [0.15, 0.2) is 0 Å². The largest absolute Gasteiger partial charge is 0.314 e. The molecule has 0 saturated carbocycles. The predicted molar refractivity (Wildman–Crippen MR) is 80.2 cm³/mol. The highest BCUT2D eigenvalue weighted by Crippen LogP contribution is 2.16. The SMILES string of the molecule is C=C/C=C(\C=C/CC(C)C)S(=O)(=O)N1CCNCC1. The van der Waals surface area contributed by atoms with E-state index in [1.165, 1.54) is 10.4 Å². The Morgan fingerprint density at radius 3 is 2.53 bits per heavy atom. The Balaban J connectivity index is 2.88. The van der Waals surface area contributed by atoms with E-state index in [-0.39, 0.29) is 0 Å². The summed E-state index contributed by atoms with van der Waals surface area (Å²) in [6.07, 6.45) is 7.56. The predicted octanol–water partition coefficient (Wildman–Crippen LogP) is 1.89. The van der Waals surface area contributed by atoms with E-state index in [2.05, 4.69) is 25.7 Å². The van der Waals surface area contributed by atoms with Gasteiger partial charge in [-0.25, -0.2) is 8.42 Å². The maximum absolute atomic E-state index is 12.5. The molecule has 108 valence electrons. The van der Waals surface area contributed by atoms with Crippen molar-refractivity contribution in [3.05, 3.63) is 35.8 Å². The minimum absolute atomic E-state index is 0.324. The first kappa shape index (κ1) is 16.1. The third-order valence-electron chi connectivity index (χ3n) is 2.89. The van der Waals surface area contributed by atoms with Crippen molar-refractivity contribution in [3.63, 3.8) is 0 Å². The number of rotatable bonds is 6. The average Bonchev–Trinajstić information content (AvgIpc) is 2.38. The van der Waals surface area contributed by atoms with Crippen LogP contribution in [-0.2, 0) is 10.0 Å². The molecule has 0 bridgehead atoms. The van der Waals surface area contributed by atoms with Crippen LogP contribution in [-0.4, -0.2) is 38.9 Å². The summed E-state index contributed by atoms with van der Waals surface area (Å²) in [7, 11) is -3.39. The number of hydrogen-bond acceptors (Lipinski definition) is 3.